The molecule has 1 N–H and O–H groups in total. The van der Waals surface area contributed by atoms with Crippen LogP contribution in [0.2, 0.25) is 0 Å². The lowest BCUT2D eigenvalue weighted by Gasteiger charge is -2.30. The van der Waals surface area contributed by atoms with E-state index in [4.69, 9.17) is 9.72 Å². The van der Waals surface area contributed by atoms with Crippen molar-refractivity contribution in [3.05, 3.63) is 60.3 Å². The lowest BCUT2D eigenvalue weighted by Crippen LogP contribution is -2.36. The number of rotatable bonds is 4. The molecule has 28 heavy (non-hydrogen) atoms. The molecule has 0 unspecified atom stereocenters. The summed E-state index contributed by atoms with van der Waals surface area (Å²) in [5.74, 6) is 1.31. The van der Waals surface area contributed by atoms with Crippen LogP contribution in [0.3, 0.4) is 0 Å². The second-order valence-electron chi connectivity index (χ2n) is 6.91. The smallest absolute Gasteiger partial charge is 0.251 e. The van der Waals surface area contributed by atoms with Crippen LogP contribution >= 0.6 is 0 Å². The van der Waals surface area contributed by atoms with Gasteiger partial charge in [-0.2, -0.15) is 10.1 Å². The Balaban J connectivity index is 1.41. The Labute approximate surface area is 164 Å². The number of ether oxygens (including phenoxy) is 1. The fourth-order valence-electron chi connectivity index (χ4n) is 3.81. The summed E-state index contributed by atoms with van der Waals surface area (Å²) in [5.41, 5.74) is 4.65. The summed E-state index contributed by atoms with van der Waals surface area (Å²) in [4.78, 5) is 9.19. The van der Waals surface area contributed by atoms with Crippen molar-refractivity contribution in [2.24, 2.45) is 0 Å². The number of benzene rings is 2. The van der Waals surface area contributed by atoms with Gasteiger partial charge >= 0.3 is 0 Å². The minimum atomic E-state index is 0.624. The number of hydrogen-bond donors (Lipinski definition) is 1. The van der Waals surface area contributed by atoms with E-state index < -0.39 is 0 Å². The second kappa shape index (κ2) is 7.44. The highest BCUT2D eigenvalue weighted by Crippen LogP contribution is 2.33. The Morgan fingerprint density at radius 1 is 0.893 bits per heavy atom. The van der Waals surface area contributed by atoms with Gasteiger partial charge in [-0.25, -0.2) is 0 Å². The number of aromatic nitrogens is 3. The first-order chi connectivity index (χ1) is 13.9. The predicted octanol–water partition coefficient (Wildman–Crippen LogP) is 3.15. The van der Waals surface area contributed by atoms with E-state index in [1.165, 1.54) is 5.56 Å². The van der Waals surface area contributed by atoms with E-state index in [0.29, 0.717) is 11.8 Å². The molecule has 3 aromatic rings. The average molecular weight is 374 g/mol. The van der Waals surface area contributed by atoms with E-state index in [2.05, 4.69) is 61.7 Å². The third-order valence-electron chi connectivity index (χ3n) is 5.19. The molecule has 0 amide bonds. The molecule has 2 aromatic carbocycles. The fraction of sp³-hybridized carbons (Fsp3) is 0.286. The molecule has 7 nitrogen and oxygen atoms in total. The van der Waals surface area contributed by atoms with Gasteiger partial charge in [-0.1, -0.05) is 30.3 Å². The molecule has 1 aromatic heterocycles. The van der Waals surface area contributed by atoms with E-state index in [0.717, 1.165) is 56.3 Å². The molecule has 3 heterocycles. The molecule has 2 aliphatic heterocycles. The van der Waals surface area contributed by atoms with Crippen LogP contribution < -0.4 is 15.1 Å². The van der Waals surface area contributed by atoms with Gasteiger partial charge in [0.1, 0.15) is 0 Å². The third kappa shape index (κ3) is 3.25. The van der Waals surface area contributed by atoms with Crippen LogP contribution in [0.15, 0.2) is 54.7 Å². The zero-order valence-corrected chi connectivity index (χ0v) is 15.6. The molecule has 0 atom stereocenters. The van der Waals surface area contributed by atoms with E-state index >= 15 is 0 Å². The maximum absolute atomic E-state index is 5.48. The molecule has 0 spiro atoms. The molecule has 2 aliphatic rings. The first kappa shape index (κ1) is 16.9. The van der Waals surface area contributed by atoms with Crippen LogP contribution in [-0.4, -0.2) is 48.0 Å². The number of anilines is 5. The molecule has 0 aliphatic carbocycles. The van der Waals surface area contributed by atoms with Gasteiger partial charge in [0.2, 0.25) is 0 Å². The predicted molar refractivity (Wildman–Crippen MR) is 110 cm³/mol. The summed E-state index contributed by atoms with van der Waals surface area (Å²) in [6.45, 7) is 4.14. The molecular formula is C21H22N6O. The van der Waals surface area contributed by atoms with Crippen molar-refractivity contribution in [2.75, 3.05) is 48.0 Å². The topological polar surface area (TPSA) is 66.4 Å². The highest BCUT2D eigenvalue weighted by molar-refractivity contribution is 5.74. The van der Waals surface area contributed by atoms with Crippen molar-refractivity contribution in [3.63, 3.8) is 0 Å². The van der Waals surface area contributed by atoms with Crippen molar-refractivity contribution >= 4 is 28.8 Å². The van der Waals surface area contributed by atoms with Crippen molar-refractivity contribution in [2.45, 2.75) is 6.42 Å². The summed E-state index contributed by atoms with van der Waals surface area (Å²) in [5, 5.41) is 11.9. The standard InChI is InChI=1S/C21H22N6O/c1-3-7-18-16(5-1)9-10-27(18)21-24-20(15-22-25-21)23-17-6-2-4-8-19(17)26-11-13-28-14-12-26/h1-8,15H,9-14H2,(H,23,24,25). The SMILES string of the molecule is c1ccc2c(c1)CCN2c1nncc(Nc2ccccc2N2CCOCC2)n1. The van der Waals surface area contributed by atoms with Crippen molar-refractivity contribution in [1.82, 2.24) is 15.2 Å². The summed E-state index contributed by atoms with van der Waals surface area (Å²) in [7, 11) is 0. The van der Waals surface area contributed by atoms with Gasteiger partial charge in [-0.15, -0.1) is 5.10 Å². The molecule has 0 saturated carbocycles. The fourth-order valence-corrected chi connectivity index (χ4v) is 3.81. The molecule has 1 saturated heterocycles. The van der Waals surface area contributed by atoms with E-state index in [1.807, 2.05) is 12.1 Å². The first-order valence-corrected chi connectivity index (χ1v) is 9.62. The Morgan fingerprint density at radius 3 is 2.57 bits per heavy atom. The van der Waals surface area contributed by atoms with Crippen molar-refractivity contribution in [1.29, 1.82) is 0 Å². The number of nitrogens with zero attached hydrogens (tertiary/aromatic N) is 5. The summed E-state index contributed by atoms with van der Waals surface area (Å²) >= 11 is 0. The normalized spacial score (nSPS) is 16.1. The molecule has 0 bridgehead atoms. The number of nitrogens with one attached hydrogen (secondary N) is 1. The van der Waals surface area contributed by atoms with Crippen LogP contribution in [0, 0.1) is 0 Å². The Hall–Kier alpha value is -3.19. The third-order valence-corrected chi connectivity index (χ3v) is 5.19. The number of morpholine rings is 1. The van der Waals surface area contributed by atoms with Crippen molar-refractivity contribution < 1.29 is 4.74 Å². The number of para-hydroxylation sites is 3. The highest BCUT2D eigenvalue weighted by Gasteiger charge is 2.22. The van der Waals surface area contributed by atoms with Gasteiger partial charge in [0.15, 0.2) is 5.82 Å². The number of fused-ring (bicyclic) bond motifs is 1. The van der Waals surface area contributed by atoms with Gasteiger partial charge in [0, 0.05) is 25.3 Å². The monoisotopic (exact) mass is 374 g/mol. The minimum absolute atomic E-state index is 0.624. The summed E-state index contributed by atoms with van der Waals surface area (Å²) in [6.07, 6.45) is 2.67. The highest BCUT2D eigenvalue weighted by atomic mass is 16.5. The van der Waals surface area contributed by atoms with Gasteiger partial charge in [-0.3, -0.25) is 0 Å². The molecule has 1 fully saturated rings. The van der Waals surface area contributed by atoms with Gasteiger partial charge in [0.25, 0.3) is 5.95 Å². The lowest BCUT2D eigenvalue weighted by molar-refractivity contribution is 0.123. The molecule has 5 rings (SSSR count). The zero-order chi connectivity index (χ0) is 18.8. The summed E-state index contributed by atoms with van der Waals surface area (Å²) < 4.78 is 5.48. The Bertz CT molecular complexity index is 972. The Kier molecular flexibility index (Phi) is 4.50. The molecular weight excluding hydrogens is 352 g/mol. The minimum Gasteiger partial charge on any atom is -0.378 e. The maximum atomic E-state index is 5.48. The lowest BCUT2D eigenvalue weighted by atomic mass is 10.2. The van der Waals surface area contributed by atoms with E-state index in [-0.39, 0.29) is 0 Å². The van der Waals surface area contributed by atoms with Crippen LogP contribution in [-0.2, 0) is 11.2 Å². The van der Waals surface area contributed by atoms with Crippen LogP contribution in [0.25, 0.3) is 0 Å². The van der Waals surface area contributed by atoms with Crippen LogP contribution in [0.4, 0.5) is 28.8 Å². The van der Waals surface area contributed by atoms with Gasteiger partial charge in [-0.05, 0) is 30.2 Å². The zero-order valence-electron chi connectivity index (χ0n) is 15.6. The van der Waals surface area contributed by atoms with Gasteiger partial charge < -0.3 is 19.9 Å². The van der Waals surface area contributed by atoms with Crippen LogP contribution in [0.5, 0.6) is 0 Å². The van der Waals surface area contributed by atoms with E-state index in [1.54, 1.807) is 6.20 Å². The average Bonchev–Trinajstić information content (AvgIpc) is 3.19. The quantitative estimate of drug-likeness (QED) is 0.752. The first-order valence-electron chi connectivity index (χ1n) is 9.62. The van der Waals surface area contributed by atoms with E-state index in [9.17, 15) is 0 Å². The van der Waals surface area contributed by atoms with Crippen LogP contribution in [0.1, 0.15) is 5.56 Å². The van der Waals surface area contributed by atoms with Crippen molar-refractivity contribution in [3.8, 4) is 0 Å². The van der Waals surface area contributed by atoms with Gasteiger partial charge in [0.05, 0.1) is 30.8 Å². The second-order valence-corrected chi connectivity index (χ2v) is 6.91. The molecule has 0 radical (unpaired) electrons. The number of hydrogen-bond acceptors (Lipinski definition) is 7. The molecule has 142 valence electrons. The largest absolute Gasteiger partial charge is 0.378 e. The maximum Gasteiger partial charge on any atom is 0.251 e. The molecule has 7 heteroatoms. The Morgan fingerprint density at radius 2 is 1.68 bits per heavy atom. The summed E-state index contributed by atoms with van der Waals surface area (Å²) in [6, 6.07) is 16.7.